The Morgan fingerprint density at radius 1 is 1.82 bits per heavy atom. The zero-order valence-electron chi connectivity index (χ0n) is 6.88. The van der Waals surface area contributed by atoms with Crippen LogP contribution in [-0.2, 0) is 9.53 Å². The highest BCUT2D eigenvalue weighted by molar-refractivity contribution is 5.69. The van der Waals surface area contributed by atoms with E-state index in [1.807, 2.05) is 0 Å². The van der Waals surface area contributed by atoms with Crippen molar-refractivity contribution in [1.82, 2.24) is 0 Å². The van der Waals surface area contributed by atoms with Gasteiger partial charge < -0.3 is 10.5 Å². The van der Waals surface area contributed by atoms with Gasteiger partial charge in [-0.25, -0.2) is 0 Å². The lowest BCUT2D eigenvalue weighted by Gasteiger charge is -2.04. The van der Waals surface area contributed by atoms with E-state index in [1.165, 1.54) is 0 Å². The first-order chi connectivity index (χ1) is 5.20. The number of rotatable bonds is 5. The van der Waals surface area contributed by atoms with Crippen molar-refractivity contribution in [2.45, 2.75) is 25.8 Å². The fourth-order valence-corrected chi connectivity index (χ4v) is 0.636. The van der Waals surface area contributed by atoms with Gasteiger partial charge in [0.25, 0.3) is 0 Å². The standard InChI is InChI=1S/C8H15NO2/c1-3-7(9)5-6-8(10)11-4-2/h3,7H,1,4-6,9H2,2H3. The predicted molar refractivity (Wildman–Crippen MR) is 44.0 cm³/mol. The van der Waals surface area contributed by atoms with Gasteiger partial charge in [-0.15, -0.1) is 6.58 Å². The van der Waals surface area contributed by atoms with E-state index < -0.39 is 0 Å². The van der Waals surface area contributed by atoms with Crippen molar-refractivity contribution >= 4 is 5.97 Å². The summed E-state index contributed by atoms with van der Waals surface area (Å²) in [6.07, 6.45) is 2.61. The molecule has 0 aliphatic heterocycles. The second-order valence-electron chi connectivity index (χ2n) is 2.24. The second kappa shape index (κ2) is 5.92. The fraction of sp³-hybridized carbons (Fsp3) is 0.625. The lowest BCUT2D eigenvalue weighted by atomic mass is 10.2. The van der Waals surface area contributed by atoms with Crippen molar-refractivity contribution in [3.63, 3.8) is 0 Å². The lowest BCUT2D eigenvalue weighted by molar-refractivity contribution is -0.143. The molecule has 0 aromatic heterocycles. The third-order valence-electron chi connectivity index (χ3n) is 1.29. The number of carbonyl (C=O) groups is 1. The molecule has 0 heterocycles. The first-order valence-electron chi connectivity index (χ1n) is 3.74. The molecule has 0 radical (unpaired) electrons. The van der Waals surface area contributed by atoms with Crippen molar-refractivity contribution in [2.24, 2.45) is 5.73 Å². The van der Waals surface area contributed by atoms with Crippen LogP contribution in [0.5, 0.6) is 0 Å². The third kappa shape index (κ3) is 5.61. The maximum absolute atomic E-state index is 10.8. The van der Waals surface area contributed by atoms with Crippen molar-refractivity contribution in [1.29, 1.82) is 0 Å². The molecule has 0 aromatic carbocycles. The number of nitrogens with two attached hydrogens (primary N) is 1. The summed E-state index contributed by atoms with van der Waals surface area (Å²) in [5.41, 5.74) is 5.49. The lowest BCUT2D eigenvalue weighted by Crippen LogP contribution is -2.18. The highest BCUT2D eigenvalue weighted by Crippen LogP contribution is 1.96. The predicted octanol–water partition coefficient (Wildman–Crippen LogP) is 0.843. The molecule has 11 heavy (non-hydrogen) atoms. The van der Waals surface area contributed by atoms with Crippen LogP contribution >= 0.6 is 0 Å². The van der Waals surface area contributed by atoms with Gasteiger partial charge in [0.05, 0.1) is 6.61 Å². The molecule has 1 atom stereocenters. The molecular weight excluding hydrogens is 142 g/mol. The van der Waals surface area contributed by atoms with Crippen LogP contribution in [0.3, 0.4) is 0 Å². The molecule has 0 aliphatic carbocycles. The summed E-state index contributed by atoms with van der Waals surface area (Å²) >= 11 is 0. The van der Waals surface area contributed by atoms with Gasteiger partial charge in [-0.3, -0.25) is 4.79 Å². The Morgan fingerprint density at radius 2 is 2.45 bits per heavy atom. The molecule has 1 unspecified atom stereocenters. The van der Waals surface area contributed by atoms with E-state index in [4.69, 9.17) is 10.5 Å². The largest absolute Gasteiger partial charge is 0.466 e. The van der Waals surface area contributed by atoms with E-state index in [2.05, 4.69) is 6.58 Å². The summed E-state index contributed by atoms with van der Waals surface area (Å²) in [6, 6.07) is -0.0978. The molecule has 3 nitrogen and oxygen atoms in total. The number of ether oxygens (including phenoxy) is 1. The van der Waals surface area contributed by atoms with Crippen LogP contribution in [0.2, 0.25) is 0 Å². The van der Waals surface area contributed by atoms with Gasteiger partial charge in [-0.1, -0.05) is 6.08 Å². The van der Waals surface area contributed by atoms with Crippen LogP contribution in [0.1, 0.15) is 19.8 Å². The quantitative estimate of drug-likeness (QED) is 0.475. The molecule has 0 saturated heterocycles. The van der Waals surface area contributed by atoms with E-state index in [-0.39, 0.29) is 12.0 Å². The van der Waals surface area contributed by atoms with Crippen LogP contribution in [0.15, 0.2) is 12.7 Å². The molecule has 64 valence electrons. The maximum atomic E-state index is 10.8. The van der Waals surface area contributed by atoms with Crippen LogP contribution < -0.4 is 5.73 Å². The van der Waals surface area contributed by atoms with Crippen molar-refractivity contribution in [2.75, 3.05) is 6.61 Å². The Labute approximate surface area is 67.2 Å². The number of esters is 1. The number of carbonyl (C=O) groups excluding carboxylic acids is 1. The first-order valence-corrected chi connectivity index (χ1v) is 3.74. The summed E-state index contributed by atoms with van der Waals surface area (Å²) in [5.74, 6) is -0.190. The normalized spacial score (nSPS) is 12.2. The molecule has 0 fully saturated rings. The number of hydrogen-bond acceptors (Lipinski definition) is 3. The molecule has 0 aliphatic rings. The summed E-state index contributed by atoms with van der Waals surface area (Å²) < 4.78 is 4.71. The Bertz CT molecular complexity index is 134. The van der Waals surface area contributed by atoms with Crippen molar-refractivity contribution in [3.05, 3.63) is 12.7 Å². The van der Waals surface area contributed by atoms with E-state index in [9.17, 15) is 4.79 Å². The smallest absolute Gasteiger partial charge is 0.305 e. The zero-order valence-corrected chi connectivity index (χ0v) is 6.88. The molecule has 3 heteroatoms. The van der Waals surface area contributed by atoms with Crippen molar-refractivity contribution in [3.8, 4) is 0 Å². The highest BCUT2D eigenvalue weighted by Gasteiger charge is 2.03. The van der Waals surface area contributed by atoms with Gasteiger partial charge in [0.2, 0.25) is 0 Å². The fourth-order valence-electron chi connectivity index (χ4n) is 0.636. The topological polar surface area (TPSA) is 52.3 Å². The summed E-state index contributed by atoms with van der Waals surface area (Å²) in [7, 11) is 0. The Balaban J connectivity index is 3.37. The minimum absolute atomic E-state index is 0.0978. The highest BCUT2D eigenvalue weighted by atomic mass is 16.5. The summed E-state index contributed by atoms with van der Waals surface area (Å²) in [4.78, 5) is 10.8. The van der Waals surface area contributed by atoms with E-state index in [0.717, 1.165) is 0 Å². The van der Waals surface area contributed by atoms with Gasteiger partial charge in [0.1, 0.15) is 0 Å². The SMILES string of the molecule is C=CC(N)CCC(=O)OCC. The van der Waals surface area contributed by atoms with Gasteiger partial charge in [-0.2, -0.15) is 0 Å². The van der Waals surface area contributed by atoms with E-state index in [1.54, 1.807) is 13.0 Å². The molecule has 0 rings (SSSR count). The van der Waals surface area contributed by atoms with E-state index in [0.29, 0.717) is 19.4 Å². The summed E-state index contributed by atoms with van der Waals surface area (Å²) in [6.45, 7) is 5.72. The third-order valence-corrected chi connectivity index (χ3v) is 1.29. The Morgan fingerprint density at radius 3 is 2.91 bits per heavy atom. The molecule has 0 aromatic rings. The van der Waals surface area contributed by atoms with Crippen LogP contribution in [-0.4, -0.2) is 18.6 Å². The van der Waals surface area contributed by atoms with E-state index >= 15 is 0 Å². The molecule has 0 amide bonds. The van der Waals surface area contributed by atoms with Crippen LogP contribution in [0.25, 0.3) is 0 Å². The average Bonchev–Trinajstić information content (AvgIpc) is 2.01. The second-order valence-corrected chi connectivity index (χ2v) is 2.24. The van der Waals surface area contributed by atoms with Gasteiger partial charge in [0.15, 0.2) is 0 Å². The van der Waals surface area contributed by atoms with Gasteiger partial charge >= 0.3 is 5.97 Å². The van der Waals surface area contributed by atoms with Crippen molar-refractivity contribution < 1.29 is 9.53 Å². The van der Waals surface area contributed by atoms with Crippen LogP contribution in [0, 0.1) is 0 Å². The van der Waals surface area contributed by atoms with Gasteiger partial charge in [0, 0.05) is 12.5 Å². The molecule has 0 spiro atoms. The van der Waals surface area contributed by atoms with Crippen LogP contribution in [0.4, 0.5) is 0 Å². The molecular formula is C8H15NO2. The summed E-state index contributed by atoms with van der Waals surface area (Å²) in [5, 5.41) is 0. The monoisotopic (exact) mass is 157 g/mol. The zero-order chi connectivity index (χ0) is 8.69. The Kier molecular flexibility index (Phi) is 5.47. The first kappa shape index (κ1) is 10.2. The molecule has 2 N–H and O–H groups in total. The minimum atomic E-state index is -0.190. The molecule has 0 saturated carbocycles. The Hall–Kier alpha value is -0.830. The maximum Gasteiger partial charge on any atom is 0.305 e. The average molecular weight is 157 g/mol. The minimum Gasteiger partial charge on any atom is -0.466 e. The number of hydrogen-bond donors (Lipinski definition) is 1. The van der Waals surface area contributed by atoms with Gasteiger partial charge in [-0.05, 0) is 13.3 Å². The molecule has 0 bridgehead atoms.